The first-order valence-electron chi connectivity index (χ1n) is 9.74. The van der Waals surface area contributed by atoms with Crippen molar-refractivity contribution in [3.63, 3.8) is 0 Å². The Morgan fingerprint density at radius 3 is 2.88 bits per heavy atom. The van der Waals surface area contributed by atoms with Gasteiger partial charge in [0.1, 0.15) is 27.5 Å². The van der Waals surface area contributed by atoms with Crippen LogP contribution < -0.4 is 0 Å². The maximum Gasteiger partial charge on any atom is 0.319 e. The maximum absolute atomic E-state index is 12.5. The van der Waals surface area contributed by atoms with E-state index in [2.05, 4.69) is 16.9 Å². The zero-order chi connectivity index (χ0) is 18.1. The van der Waals surface area contributed by atoms with Crippen LogP contribution in [0.5, 0.6) is 0 Å². The van der Waals surface area contributed by atoms with Crippen LogP contribution in [0, 0.1) is 5.92 Å². The Morgan fingerprint density at radius 1 is 1.27 bits per heavy atom. The van der Waals surface area contributed by atoms with Gasteiger partial charge in [0.05, 0.1) is 0 Å². The predicted octanol–water partition coefficient (Wildman–Crippen LogP) is 5.17. The fourth-order valence-corrected chi connectivity index (χ4v) is 6.34. The van der Waals surface area contributed by atoms with Gasteiger partial charge in [-0.1, -0.05) is 25.1 Å². The summed E-state index contributed by atoms with van der Waals surface area (Å²) in [4.78, 5) is 24.1. The lowest BCUT2D eigenvalue weighted by atomic mass is 9.89. The summed E-state index contributed by atoms with van der Waals surface area (Å²) >= 11 is 3.33. The van der Waals surface area contributed by atoms with Gasteiger partial charge in [-0.25, -0.2) is 9.97 Å². The summed E-state index contributed by atoms with van der Waals surface area (Å²) in [6.07, 6.45) is 10.8. The highest BCUT2D eigenvalue weighted by atomic mass is 32.2. The smallest absolute Gasteiger partial charge is 0.319 e. The minimum Gasteiger partial charge on any atom is -0.462 e. The second kappa shape index (κ2) is 7.85. The molecule has 6 heteroatoms. The van der Waals surface area contributed by atoms with Gasteiger partial charge in [0, 0.05) is 10.3 Å². The number of fused-ring (bicyclic) bond motifs is 3. The van der Waals surface area contributed by atoms with Gasteiger partial charge in [0.15, 0.2) is 0 Å². The molecule has 2 atom stereocenters. The van der Waals surface area contributed by atoms with Crippen LogP contribution in [0.25, 0.3) is 10.2 Å². The lowest BCUT2D eigenvalue weighted by Gasteiger charge is -2.23. The number of esters is 1. The van der Waals surface area contributed by atoms with Crippen LogP contribution in [-0.2, 0) is 22.4 Å². The number of ether oxygens (including phenoxy) is 1. The number of nitrogens with zero attached hydrogens (tertiary/aromatic N) is 2. The standard InChI is InChI=1S/C20H26N2O2S2/c1-12-8-9-15-16(10-12)26-19-17(15)18(21-11-22-19)25-13(2)20(23)24-14-6-4-3-5-7-14/h11-14H,3-10H2,1-2H3/t12-,13-/m0/s1. The highest BCUT2D eigenvalue weighted by Gasteiger charge is 2.27. The minimum atomic E-state index is -0.243. The van der Waals surface area contributed by atoms with Crippen molar-refractivity contribution in [2.24, 2.45) is 5.92 Å². The Kier molecular flexibility index (Phi) is 5.50. The van der Waals surface area contributed by atoms with Crippen molar-refractivity contribution in [2.45, 2.75) is 81.6 Å². The molecule has 0 N–H and O–H groups in total. The zero-order valence-corrected chi connectivity index (χ0v) is 17.1. The first kappa shape index (κ1) is 18.2. The molecule has 2 heterocycles. The summed E-state index contributed by atoms with van der Waals surface area (Å²) < 4.78 is 5.74. The van der Waals surface area contributed by atoms with Crippen LogP contribution in [0.4, 0.5) is 0 Å². The van der Waals surface area contributed by atoms with Crippen molar-refractivity contribution in [3.8, 4) is 0 Å². The second-order valence-electron chi connectivity index (χ2n) is 7.67. The molecule has 0 spiro atoms. The lowest BCUT2D eigenvalue weighted by molar-refractivity contribution is -0.149. The van der Waals surface area contributed by atoms with E-state index in [9.17, 15) is 4.79 Å². The van der Waals surface area contributed by atoms with E-state index in [1.807, 2.05) is 6.92 Å². The zero-order valence-electron chi connectivity index (χ0n) is 15.5. The van der Waals surface area contributed by atoms with Gasteiger partial charge in [-0.05, 0) is 63.4 Å². The van der Waals surface area contributed by atoms with E-state index in [0.717, 1.165) is 41.5 Å². The minimum absolute atomic E-state index is 0.105. The molecule has 2 aromatic heterocycles. The number of thioether (sulfide) groups is 1. The summed E-state index contributed by atoms with van der Waals surface area (Å²) in [5, 5.41) is 1.88. The molecular weight excluding hydrogens is 364 g/mol. The first-order valence-corrected chi connectivity index (χ1v) is 11.4. The number of thiophene rings is 1. The molecule has 26 heavy (non-hydrogen) atoms. The number of hydrogen-bond acceptors (Lipinski definition) is 6. The molecule has 0 bridgehead atoms. The predicted molar refractivity (Wildman–Crippen MR) is 107 cm³/mol. The highest BCUT2D eigenvalue weighted by Crippen LogP contribution is 2.41. The fourth-order valence-electron chi connectivity index (χ4n) is 3.99. The van der Waals surface area contributed by atoms with Crippen LogP contribution >= 0.6 is 23.1 Å². The van der Waals surface area contributed by atoms with E-state index in [0.29, 0.717) is 0 Å². The third-order valence-electron chi connectivity index (χ3n) is 5.51. The fraction of sp³-hybridized carbons (Fsp3) is 0.650. The average molecular weight is 391 g/mol. The Hall–Kier alpha value is -1.14. The monoisotopic (exact) mass is 390 g/mol. The molecule has 0 radical (unpaired) electrons. The summed E-state index contributed by atoms with van der Waals surface area (Å²) in [6.45, 7) is 4.25. The topological polar surface area (TPSA) is 52.1 Å². The average Bonchev–Trinajstić information content (AvgIpc) is 3.00. The summed E-state index contributed by atoms with van der Waals surface area (Å²) in [7, 11) is 0. The van der Waals surface area contributed by atoms with E-state index >= 15 is 0 Å². The van der Waals surface area contributed by atoms with Crippen molar-refractivity contribution < 1.29 is 9.53 Å². The van der Waals surface area contributed by atoms with Gasteiger partial charge in [0.2, 0.25) is 0 Å². The molecule has 0 aromatic carbocycles. The molecule has 0 aliphatic heterocycles. The Morgan fingerprint density at radius 2 is 2.08 bits per heavy atom. The van der Waals surface area contributed by atoms with Crippen LogP contribution in [-0.4, -0.2) is 27.3 Å². The van der Waals surface area contributed by atoms with E-state index in [1.165, 1.54) is 53.3 Å². The van der Waals surface area contributed by atoms with E-state index < -0.39 is 0 Å². The molecule has 0 unspecified atom stereocenters. The lowest BCUT2D eigenvalue weighted by Crippen LogP contribution is -2.26. The summed E-state index contributed by atoms with van der Waals surface area (Å²) in [5.41, 5.74) is 1.42. The van der Waals surface area contributed by atoms with Crippen molar-refractivity contribution in [3.05, 3.63) is 16.8 Å². The number of carbonyl (C=O) groups is 1. The molecule has 1 fully saturated rings. The van der Waals surface area contributed by atoms with Gasteiger partial charge in [0.25, 0.3) is 0 Å². The van der Waals surface area contributed by atoms with Crippen LogP contribution in [0.2, 0.25) is 0 Å². The van der Waals surface area contributed by atoms with Crippen molar-refractivity contribution in [1.29, 1.82) is 0 Å². The molecule has 140 valence electrons. The molecule has 4 rings (SSSR count). The summed E-state index contributed by atoms with van der Waals surface area (Å²) in [5.74, 6) is 0.635. The quantitative estimate of drug-likeness (QED) is 0.409. The van der Waals surface area contributed by atoms with Crippen molar-refractivity contribution in [1.82, 2.24) is 9.97 Å². The molecule has 0 saturated heterocycles. The normalized spacial score (nSPS) is 22.2. The Bertz CT molecular complexity index is 798. The second-order valence-corrected chi connectivity index (χ2v) is 10.1. The number of carbonyl (C=O) groups excluding carboxylic acids is 1. The molecule has 4 nitrogen and oxygen atoms in total. The molecule has 2 aliphatic rings. The largest absolute Gasteiger partial charge is 0.462 e. The molecule has 1 saturated carbocycles. The molecule has 2 aromatic rings. The van der Waals surface area contributed by atoms with Crippen LogP contribution in [0.3, 0.4) is 0 Å². The van der Waals surface area contributed by atoms with Crippen molar-refractivity contribution in [2.75, 3.05) is 0 Å². The van der Waals surface area contributed by atoms with Gasteiger partial charge < -0.3 is 4.74 Å². The number of hydrogen-bond donors (Lipinski definition) is 0. The van der Waals surface area contributed by atoms with E-state index in [4.69, 9.17) is 4.74 Å². The summed E-state index contributed by atoms with van der Waals surface area (Å²) in [6, 6.07) is 0. The Balaban J connectivity index is 1.52. The van der Waals surface area contributed by atoms with E-state index in [1.54, 1.807) is 17.7 Å². The van der Waals surface area contributed by atoms with Crippen LogP contribution in [0.1, 0.15) is 62.8 Å². The number of aryl methyl sites for hydroxylation is 1. The third kappa shape index (κ3) is 3.77. The SMILES string of the molecule is C[C@H]1CCc2c(sc3ncnc(S[C@@H](C)C(=O)OC4CCCCC4)c23)C1. The van der Waals surface area contributed by atoms with E-state index in [-0.39, 0.29) is 17.3 Å². The number of rotatable bonds is 4. The van der Waals surface area contributed by atoms with Gasteiger partial charge in [-0.2, -0.15) is 0 Å². The van der Waals surface area contributed by atoms with Crippen molar-refractivity contribution >= 4 is 39.3 Å². The molecule has 0 amide bonds. The van der Waals surface area contributed by atoms with Gasteiger partial charge >= 0.3 is 5.97 Å². The van der Waals surface area contributed by atoms with Gasteiger partial charge in [-0.15, -0.1) is 11.3 Å². The third-order valence-corrected chi connectivity index (χ3v) is 7.75. The molecule has 2 aliphatic carbocycles. The maximum atomic E-state index is 12.5. The first-order chi connectivity index (χ1) is 12.6. The molecular formula is C20H26N2O2S2. The highest BCUT2D eigenvalue weighted by molar-refractivity contribution is 8.00. The number of aromatic nitrogens is 2. The van der Waals surface area contributed by atoms with Gasteiger partial charge in [-0.3, -0.25) is 4.79 Å². The van der Waals surface area contributed by atoms with Crippen LogP contribution in [0.15, 0.2) is 11.4 Å². The Labute approximate surface area is 163 Å².